The monoisotopic (exact) mass is 220 g/mol. The average Bonchev–Trinajstić information content (AvgIpc) is 2.66. The molecule has 1 aromatic heterocycles. The third-order valence-corrected chi connectivity index (χ3v) is 2.88. The maximum absolute atomic E-state index is 10.7. The van der Waals surface area contributed by atoms with E-state index in [9.17, 15) is 4.79 Å². The van der Waals surface area contributed by atoms with Gasteiger partial charge in [-0.05, 0) is 12.1 Å². The molecule has 2 aromatic rings. The zero-order valence-corrected chi connectivity index (χ0v) is 8.49. The Kier molecular flexibility index (Phi) is 2.39. The molecular formula is C10H8N2O2S. The Morgan fingerprint density at radius 3 is 2.87 bits per heavy atom. The Labute approximate surface area is 90.0 Å². The molecule has 0 radical (unpaired) electrons. The fourth-order valence-electron chi connectivity index (χ4n) is 1.18. The summed E-state index contributed by atoms with van der Waals surface area (Å²) in [6.07, 6.45) is 1.35. The number of carboxylic acids is 1. The summed E-state index contributed by atoms with van der Waals surface area (Å²) >= 11 is 1.14. The highest BCUT2D eigenvalue weighted by atomic mass is 32.1. The maximum Gasteiger partial charge on any atom is 0.347 e. The fourth-order valence-corrected chi connectivity index (χ4v) is 1.93. The van der Waals surface area contributed by atoms with E-state index >= 15 is 0 Å². The van der Waals surface area contributed by atoms with Gasteiger partial charge < -0.3 is 10.8 Å². The normalized spacial score (nSPS) is 10.1. The van der Waals surface area contributed by atoms with E-state index in [4.69, 9.17) is 10.8 Å². The molecule has 15 heavy (non-hydrogen) atoms. The lowest BCUT2D eigenvalue weighted by atomic mass is 10.2. The van der Waals surface area contributed by atoms with Crippen molar-refractivity contribution in [3.63, 3.8) is 0 Å². The first-order chi connectivity index (χ1) is 7.16. The average molecular weight is 220 g/mol. The van der Waals surface area contributed by atoms with Crippen molar-refractivity contribution in [3.8, 4) is 10.6 Å². The van der Waals surface area contributed by atoms with E-state index in [1.807, 2.05) is 12.1 Å². The van der Waals surface area contributed by atoms with Crippen molar-refractivity contribution in [3.05, 3.63) is 35.3 Å². The number of carboxylic acid groups (broad SMARTS) is 1. The molecule has 76 valence electrons. The summed E-state index contributed by atoms with van der Waals surface area (Å²) in [7, 11) is 0. The first kappa shape index (κ1) is 9.67. The van der Waals surface area contributed by atoms with Crippen LogP contribution in [0.4, 0.5) is 5.69 Å². The molecule has 0 unspecified atom stereocenters. The number of nitrogen functional groups attached to an aromatic ring is 1. The molecule has 5 heteroatoms. The number of thiazole rings is 1. The molecule has 0 aliphatic carbocycles. The molecule has 0 fully saturated rings. The topological polar surface area (TPSA) is 76.2 Å². The van der Waals surface area contributed by atoms with E-state index in [1.165, 1.54) is 6.20 Å². The van der Waals surface area contributed by atoms with Crippen LogP contribution >= 0.6 is 11.3 Å². The highest BCUT2D eigenvalue weighted by Gasteiger charge is 2.09. The first-order valence-electron chi connectivity index (χ1n) is 4.22. The molecule has 0 aliphatic rings. The summed E-state index contributed by atoms with van der Waals surface area (Å²) in [6.45, 7) is 0. The van der Waals surface area contributed by atoms with Gasteiger partial charge in [0.2, 0.25) is 0 Å². The molecular weight excluding hydrogens is 212 g/mol. The summed E-state index contributed by atoms with van der Waals surface area (Å²) in [6, 6.07) is 7.20. The van der Waals surface area contributed by atoms with Gasteiger partial charge in [0.1, 0.15) is 9.88 Å². The largest absolute Gasteiger partial charge is 0.477 e. The second-order valence-corrected chi connectivity index (χ2v) is 3.99. The standard InChI is InChI=1S/C10H8N2O2S/c11-7-3-1-2-6(4-7)9-12-5-8(15-9)10(13)14/h1-5H,11H2,(H,13,14). The minimum atomic E-state index is -0.956. The summed E-state index contributed by atoms with van der Waals surface area (Å²) in [5.74, 6) is -0.956. The van der Waals surface area contributed by atoms with E-state index in [0.29, 0.717) is 10.7 Å². The van der Waals surface area contributed by atoms with Gasteiger partial charge in [0.15, 0.2) is 0 Å². The Bertz CT molecular complexity index is 508. The number of carbonyl (C=O) groups is 1. The number of nitrogens with two attached hydrogens (primary N) is 1. The third-order valence-electron chi connectivity index (χ3n) is 1.85. The second-order valence-electron chi connectivity index (χ2n) is 2.96. The van der Waals surface area contributed by atoms with Crippen LogP contribution in [-0.4, -0.2) is 16.1 Å². The van der Waals surface area contributed by atoms with Gasteiger partial charge in [0.05, 0.1) is 6.20 Å². The number of benzene rings is 1. The van der Waals surface area contributed by atoms with Crippen LogP contribution in [-0.2, 0) is 0 Å². The molecule has 0 aliphatic heterocycles. The van der Waals surface area contributed by atoms with Gasteiger partial charge in [-0.25, -0.2) is 9.78 Å². The molecule has 1 heterocycles. The minimum absolute atomic E-state index is 0.229. The van der Waals surface area contributed by atoms with Crippen molar-refractivity contribution in [2.45, 2.75) is 0 Å². The van der Waals surface area contributed by atoms with Crippen LogP contribution in [0, 0.1) is 0 Å². The van der Waals surface area contributed by atoms with Crippen LogP contribution in [0.15, 0.2) is 30.5 Å². The molecule has 2 rings (SSSR count). The predicted octanol–water partition coefficient (Wildman–Crippen LogP) is 2.09. The van der Waals surface area contributed by atoms with Gasteiger partial charge in [-0.2, -0.15) is 0 Å². The molecule has 0 bridgehead atoms. The lowest BCUT2D eigenvalue weighted by molar-refractivity contribution is 0.0702. The number of hydrogen-bond donors (Lipinski definition) is 2. The van der Waals surface area contributed by atoms with Gasteiger partial charge in [-0.15, -0.1) is 11.3 Å². The maximum atomic E-state index is 10.7. The van der Waals surface area contributed by atoms with Crippen molar-refractivity contribution in [2.75, 3.05) is 5.73 Å². The zero-order valence-electron chi connectivity index (χ0n) is 7.68. The highest BCUT2D eigenvalue weighted by molar-refractivity contribution is 7.16. The van der Waals surface area contributed by atoms with Crippen molar-refractivity contribution in [1.82, 2.24) is 4.98 Å². The van der Waals surface area contributed by atoms with Crippen LogP contribution < -0.4 is 5.73 Å². The van der Waals surface area contributed by atoms with E-state index < -0.39 is 5.97 Å². The van der Waals surface area contributed by atoms with Crippen LogP contribution in [0.5, 0.6) is 0 Å². The molecule has 4 nitrogen and oxygen atoms in total. The van der Waals surface area contributed by atoms with Crippen molar-refractivity contribution >= 4 is 23.0 Å². The Morgan fingerprint density at radius 1 is 1.47 bits per heavy atom. The molecule has 0 atom stereocenters. The number of anilines is 1. The van der Waals surface area contributed by atoms with Crippen LogP contribution in [0.3, 0.4) is 0 Å². The quantitative estimate of drug-likeness (QED) is 0.760. The smallest absolute Gasteiger partial charge is 0.347 e. The van der Waals surface area contributed by atoms with Crippen LogP contribution in [0.25, 0.3) is 10.6 Å². The van der Waals surface area contributed by atoms with E-state index in [-0.39, 0.29) is 4.88 Å². The SMILES string of the molecule is Nc1cccc(-c2ncc(C(=O)O)s2)c1. The fraction of sp³-hybridized carbons (Fsp3) is 0. The Balaban J connectivity index is 2.41. The molecule has 0 amide bonds. The number of hydrogen-bond acceptors (Lipinski definition) is 4. The van der Waals surface area contributed by atoms with Crippen LogP contribution in [0.2, 0.25) is 0 Å². The van der Waals surface area contributed by atoms with Gasteiger partial charge in [0.25, 0.3) is 0 Å². The lowest BCUT2D eigenvalue weighted by Crippen LogP contribution is -1.89. The number of rotatable bonds is 2. The number of nitrogens with zero attached hydrogens (tertiary/aromatic N) is 1. The van der Waals surface area contributed by atoms with E-state index in [2.05, 4.69) is 4.98 Å². The third kappa shape index (κ3) is 1.97. The zero-order chi connectivity index (χ0) is 10.8. The van der Waals surface area contributed by atoms with Gasteiger partial charge in [-0.3, -0.25) is 0 Å². The Morgan fingerprint density at radius 2 is 2.27 bits per heavy atom. The minimum Gasteiger partial charge on any atom is -0.477 e. The molecule has 1 aromatic carbocycles. The van der Waals surface area contributed by atoms with Gasteiger partial charge >= 0.3 is 5.97 Å². The second kappa shape index (κ2) is 3.70. The lowest BCUT2D eigenvalue weighted by Gasteiger charge is -1.96. The predicted molar refractivity (Wildman–Crippen MR) is 58.9 cm³/mol. The Hall–Kier alpha value is -1.88. The summed E-state index contributed by atoms with van der Waals surface area (Å²) in [5.41, 5.74) is 7.10. The van der Waals surface area contributed by atoms with Crippen LogP contribution in [0.1, 0.15) is 9.67 Å². The molecule has 0 spiro atoms. The molecule has 0 saturated carbocycles. The first-order valence-corrected chi connectivity index (χ1v) is 5.03. The number of aromatic carboxylic acids is 1. The summed E-state index contributed by atoms with van der Waals surface area (Å²) in [5, 5.41) is 9.41. The van der Waals surface area contributed by atoms with Crippen molar-refractivity contribution in [2.24, 2.45) is 0 Å². The van der Waals surface area contributed by atoms with Gasteiger partial charge in [0, 0.05) is 11.3 Å². The highest BCUT2D eigenvalue weighted by Crippen LogP contribution is 2.26. The van der Waals surface area contributed by atoms with E-state index in [0.717, 1.165) is 16.9 Å². The molecule has 3 N–H and O–H groups in total. The van der Waals surface area contributed by atoms with Crippen molar-refractivity contribution < 1.29 is 9.90 Å². The number of aromatic nitrogens is 1. The molecule has 0 saturated heterocycles. The summed E-state index contributed by atoms with van der Waals surface area (Å²) in [4.78, 5) is 14.9. The van der Waals surface area contributed by atoms with Gasteiger partial charge in [-0.1, -0.05) is 12.1 Å². The van der Waals surface area contributed by atoms with E-state index in [1.54, 1.807) is 12.1 Å². The van der Waals surface area contributed by atoms with Crippen molar-refractivity contribution in [1.29, 1.82) is 0 Å². The summed E-state index contributed by atoms with van der Waals surface area (Å²) < 4.78 is 0.